The van der Waals surface area contributed by atoms with Gasteiger partial charge in [-0.25, -0.2) is 0 Å². The van der Waals surface area contributed by atoms with Gasteiger partial charge in [0, 0.05) is 19.0 Å². The highest BCUT2D eigenvalue weighted by Crippen LogP contribution is 2.12. The minimum absolute atomic E-state index is 0.246. The summed E-state index contributed by atoms with van der Waals surface area (Å²) >= 11 is 0. The molecule has 0 aliphatic rings. The van der Waals surface area contributed by atoms with E-state index in [4.69, 9.17) is 4.42 Å². The molecule has 1 aromatic rings. The van der Waals surface area contributed by atoms with Crippen LogP contribution in [0.15, 0.2) is 22.8 Å². The number of nitrogens with one attached hydrogen (secondary N) is 1. The maximum Gasteiger partial charge on any atom is 0.105 e. The molecule has 1 heterocycles. The van der Waals surface area contributed by atoms with Crippen LogP contribution in [-0.2, 0) is 6.42 Å². The van der Waals surface area contributed by atoms with Crippen molar-refractivity contribution in [3.05, 3.63) is 24.2 Å². The van der Waals surface area contributed by atoms with E-state index in [2.05, 4.69) is 26.1 Å². The van der Waals surface area contributed by atoms with Crippen LogP contribution >= 0.6 is 0 Å². The fraction of sp³-hybridized carbons (Fsp3) is 0.714. The van der Waals surface area contributed by atoms with Gasteiger partial charge in [-0.2, -0.15) is 0 Å². The summed E-state index contributed by atoms with van der Waals surface area (Å²) in [5, 5.41) is 13.4. The highest BCUT2D eigenvalue weighted by atomic mass is 16.3. The van der Waals surface area contributed by atoms with Crippen LogP contribution in [-0.4, -0.2) is 23.8 Å². The van der Waals surface area contributed by atoms with Gasteiger partial charge in [0.1, 0.15) is 5.76 Å². The lowest BCUT2D eigenvalue weighted by atomic mass is 9.96. The van der Waals surface area contributed by atoms with E-state index in [0.29, 0.717) is 18.5 Å². The lowest BCUT2D eigenvalue weighted by Crippen LogP contribution is -2.38. The first kappa shape index (κ1) is 14.3. The number of aliphatic hydroxyl groups is 1. The lowest BCUT2D eigenvalue weighted by molar-refractivity contribution is 0.0986. The van der Waals surface area contributed by atoms with E-state index >= 15 is 0 Å². The van der Waals surface area contributed by atoms with E-state index in [1.165, 1.54) is 0 Å². The molecule has 0 amide bonds. The zero-order valence-electron chi connectivity index (χ0n) is 11.1. The number of hydrogen-bond donors (Lipinski definition) is 2. The minimum atomic E-state index is -0.246. The molecule has 98 valence electrons. The summed E-state index contributed by atoms with van der Waals surface area (Å²) in [6, 6.07) is 4.21. The van der Waals surface area contributed by atoms with Crippen molar-refractivity contribution in [2.75, 3.05) is 6.54 Å². The average Bonchev–Trinajstić information content (AvgIpc) is 2.81. The van der Waals surface area contributed by atoms with E-state index in [1.54, 1.807) is 6.26 Å². The van der Waals surface area contributed by atoms with Crippen LogP contribution in [0, 0.1) is 5.92 Å². The molecule has 1 aromatic heterocycles. The van der Waals surface area contributed by atoms with Crippen LogP contribution in [0.3, 0.4) is 0 Å². The highest BCUT2D eigenvalue weighted by Gasteiger charge is 2.16. The molecule has 0 aromatic carbocycles. The summed E-state index contributed by atoms with van der Waals surface area (Å²) in [6.07, 6.45) is 4.38. The number of aliphatic hydroxyl groups excluding tert-OH is 1. The van der Waals surface area contributed by atoms with Gasteiger partial charge >= 0.3 is 0 Å². The molecule has 0 spiro atoms. The van der Waals surface area contributed by atoms with E-state index in [9.17, 15) is 5.11 Å². The van der Waals surface area contributed by atoms with Crippen LogP contribution in [0.5, 0.6) is 0 Å². The Bertz CT molecular complexity index is 280. The molecule has 1 rings (SSSR count). The van der Waals surface area contributed by atoms with Crippen molar-refractivity contribution >= 4 is 0 Å². The predicted molar refractivity (Wildman–Crippen MR) is 70.0 cm³/mol. The van der Waals surface area contributed by atoms with Gasteiger partial charge < -0.3 is 14.8 Å². The molecule has 0 saturated carbocycles. The van der Waals surface area contributed by atoms with Gasteiger partial charge in [0.25, 0.3) is 0 Å². The molecule has 2 N–H and O–H groups in total. The second-order valence-electron chi connectivity index (χ2n) is 4.74. The molecule has 2 unspecified atom stereocenters. The van der Waals surface area contributed by atoms with Crippen LogP contribution < -0.4 is 5.32 Å². The van der Waals surface area contributed by atoms with Gasteiger partial charge in [-0.15, -0.1) is 0 Å². The van der Waals surface area contributed by atoms with Gasteiger partial charge in [-0.05, 0) is 25.0 Å². The SMILES string of the molecule is CCC(CC)C(O)CNC(C)Cc1ccco1. The maximum absolute atomic E-state index is 10.00. The van der Waals surface area contributed by atoms with E-state index in [-0.39, 0.29) is 6.10 Å². The molecule has 3 heteroatoms. The topological polar surface area (TPSA) is 45.4 Å². The van der Waals surface area contributed by atoms with Crippen molar-refractivity contribution in [1.82, 2.24) is 5.32 Å². The third-order valence-corrected chi connectivity index (χ3v) is 3.36. The van der Waals surface area contributed by atoms with Crippen molar-refractivity contribution < 1.29 is 9.52 Å². The van der Waals surface area contributed by atoms with Gasteiger partial charge in [-0.1, -0.05) is 26.7 Å². The monoisotopic (exact) mass is 239 g/mol. The molecule has 0 bridgehead atoms. The number of furan rings is 1. The smallest absolute Gasteiger partial charge is 0.105 e. The van der Waals surface area contributed by atoms with Gasteiger partial charge in [0.15, 0.2) is 0 Å². The standard InChI is InChI=1S/C14H25NO2/c1-4-12(5-2)14(16)10-15-11(3)9-13-7-6-8-17-13/h6-8,11-12,14-16H,4-5,9-10H2,1-3H3. The van der Waals surface area contributed by atoms with Crippen LogP contribution in [0.1, 0.15) is 39.4 Å². The second-order valence-corrected chi connectivity index (χ2v) is 4.74. The zero-order chi connectivity index (χ0) is 12.7. The number of hydrogen-bond acceptors (Lipinski definition) is 3. The molecule has 0 radical (unpaired) electrons. The quantitative estimate of drug-likeness (QED) is 0.733. The van der Waals surface area contributed by atoms with Crippen molar-refractivity contribution in [1.29, 1.82) is 0 Å². The first-order chi connectivity index (χ1) is 8.17. The summed E-state index contributed by atoms with van der Waals surface area (Å²) in [5.74, 6) is 1.39. The first-order valence-electron chi connectivity index (χ1n) is 6.61. The third kappa shape index (κ3) is 4.92. The molecule has 0 fully saturated rings. The molecular formula is C14H25NO2. The van der Waals surface area contributed by atoms with E-state index in [1.807, 2.05) is 12.1 Å². The van der Waals surface area contributed by atoms with E-state index in [0.717, 1.165) is 25.0 Å². The number of rotatable bonds is 8. The lowest BCUT2D eigenvalue weighted by Gasteiger charge is -2.22. The Morgan fingerprint density at radius 1 is 1.35 bits per heavy atom. The molecule has 3 nitrogen and oxygen atoms in total. The fourth-order valence-corrected chi connectivity index (χ4v) is 2.12. The van der Waals surface area contributed by atoms with Crippen molar-refractivity contribution in [2.24, 2.45) is 5.92 Å². The van der Waals surface area contributed by atoms with Crippen LogP contribution in [0.25, 0.3) is 0 Å². The van der Waals surface area contributed by atoms with E-state index < -0.39 is 0 Å². The van der Waals surface area contributed by atoms with Crippen LogP contribution in [0.2, 0.25) is 0 Å². The normalized spacial score (nSPS) is 15.1. The summed E-state index contributed by atoms with van der Waals surface area (Å²) in [7, 11) is 0. The summed E-state index contributed by atoms with van der Waals surface area (Å²) in [5.41, 5.74) is 0. The van der Waals surface area contributed by atoms with Gasteiger partial charge in [-0.3, -0.25) is 0 Å². The maximum atomic E-state index is 10.00. The molecule has 0 aliphatic heterocycles. The Kier molecular flexibility index (Phi) is 6.30. The second kappa shape index (κ2) is 7.51. The molecular weight excluding hydrogens is 214 g/mol. The Morgan fingerprint density at radius 3 is 2.59 bits per heavy atom. The van der Waals surface area contributed by atoms with Crippen molar-refractivity contribution in [3.63, 3.8) is 0 Å². The summed E-state index contributed by atoms with van der Waals surface area (Å²) in [4.78, 5) is 0. The zero-order valence-corrected chi connectivity index (χ0v) is 11.1. The third-order valence-electron chi connectivity index (χ3n) is 3.36. The summed E-state index contributed by atoms with van der Waals surface area (Å²) in [6.45, 7) is 7.03. The average molecular weight is 239 g/mol. The summed E-state index contributed by atoms with van der Waals surface area (Å²) < 4.78 is 5.30. The predicted octanol–water partition coefficient (Wildman–Crippen LogP) is 2.60. The largest absolute Gasteiger partial charge is 0.469 e. The minimum Gasteiger partial charge on any atom is -0.469 e. The van der Waals surface area contributed by atoms with Crippen LogP contribution in [0.4, 0.5) is 0 Å². The van der Waals surface area contributed by atoms with Crippen molar-refractivity contribution in [2.45, 2.75) is 52.2 Å². The Hall–Kier alpha value is -0.800. The van der Waals surface area contributed by atoms with Crippen molar-refractivity contribution in [3.8, 4) is 0 Å². The van der Waals surface area contributed by atoms with Gasteiger partial charge in [0.05, 0.1) is 12.4 Å². The Balaban J connectivity index is 2.25. The molecule has 0 aliphatic carbocycles. The molecule has 2 atom stereocenters. The molecule has 0 saturated heterocycles. The first-order valence-corrected chi connectivity index (χ1v) is 6.61. The Morgan fingerprint density at radius 2 is 2.06 bits per heavy atom. The Labute approximate surface area is 104 Å². The van der Waals surface area contributed by atoms with Gasteiger partial charge in [0.2, 0.25) is 0 Å². The highest BCUT2D eigenvalue weighted by molar-refractivity contribution is 4.99. The molecule has 17 heavy (non-hydrogen) atoms. The fourth-order valence-electron chi connectivity index (χ4n) is 2.12.